The molecule has 1 atom stereocenters. The molecule has 0 saturated heterocycles. The second-order valence-corrected chi connectivity index (χ2v) is 9.62. The molecule has 0 aliphatic heterocycles. The zero-order valence-electron chi connectivity index (χ0n) is 22.0. The fourth-order valence-corrected chi connectivity index (χ4v) is 4.65. The van der Waals surface area contributed by atoms with Crippen LogP contribution in [0.4, 0.5) is 16.0 Å². The van der Waals surface area contributed by atoms with Crippen molar-refractivity contribution in [1.82, 2.24) is 25.4 Å². The van der Waals surface area contributed by atoms with Crippen molar-refractivity contribution >= 4 is 24.0 Å². The van der Waals surface area contributed by atoms with Crippen LogP contribution in [0.2, 0.25) is 0 Å². The molecule has 1 aliphatic carbocycles. The number of carbonyl (C=O) groups is 2. The van der Waals surface area contributed by atoms with Crippen LogP contribution in [0.15, 0.2) is 54.7 Å². The number of nitrogens with zero attached hydrogens (tertiary/aromatic N) is 4. The fourth-order valence-electron chi connectivity index (χ4n) is 4.65. The number of anilines is 2. The highest BCUT2D eigenvalue weighted by Gasteiger charge is 2.28. The van der Waals surface area contributed by atoms with Gasteiger partial charge in [-0.05, 0) is 37.0 Å². The number of benzene rings is 1. The molecule has 1 fully saturated rings. The Morgan fingerprint density at radius 1 is 1.13 bits per heavy atom. The monoisotopic (exact) mass is 535 g/mol. The molecule has 0 unspecified atom stereocenters. The molecule has 1 saturated carbocycles. The molecule has 4 rings (SSSR count). The van der Waals surface area contributed by atoms with Crippen LogP contribution in [0.5, 0.6) is 0 Å². The molecule has 0 spiro atoms. The molecular weight excluding hydrogens is 501 g/mol. The largest absolute Gasteiger partial charge is 0.362 e. The SMILES string of the molecule is Cc1nc(NCc2ccccn2)c(F)c(NNC(=O)[C@H](CC2CCCC2)CN(C=O)OCc2ccccc2)n1. The van der Waals surface area contributed by atoms with E-state index in [4.69, 9.17) is 4.84 Å². The number of hydroxylamine groups is 2. The van der Waals surface area contributed by atoms with E-state index in [0.717, 1.165) is 42.0 Å². The van der Waals surface area contributed by atoms with E-state index in [1.807, 2.05) is 42.5 Å². The van der Waals surface area contributed by atoms with E-state index in [0.29, 0.717) is 24.6 Å². The molecule has 0 radical (unpaired) electrons. The molecule has 11 heteroatoms. The standard InChI is InChI=1S/C28H34FN7O3/c1-20-32-26(31-16-24-13-7-8-14-30-24)25(29)27(33-20)34-35-28(38)23(15-21-9-5-6-10-21)17-36(19-37)39-18-22-11-3-2-4-12-22/h2-4,7-8,11-14,19,21,23H,5-6,9-10,15-18H2,1H3,(H,35,38)(H2,31,32,33,34)/t23-/m1/s1. The van der Waals surface area contributed by atoms with Crippen molar-refractivity contribution in [3.8, 4) is 0 Å². The van der Waals surface area contributed by atoms with Gasteiger partial charge in [0.05, 0.1) is 24.7 Å². The lowest BCUT2D eigenvalue weighted by molar-refractivity contribution is -0.182. The lowest BCUT2D eigenvalue weighted by atomic mass is 9.92. The van der Waals surface area contributed by atoms with Crippen LogP contribution in [0.25, 0.3) is 0 Å². The molecule has 2 heterocycles. The molecule has 206 valence electrons. The Kier molecular flexibility index (Phi) is 10.1. The number of nitrogens with one attached hydrogen (secondary N) is 3. The zero-order valence-corrected chi connectivity index (χ0v) is 22.0. The molecule has 2 amide bonds. The Balaban J connectivity index is 1.39. The van der Waals surface area contributed by atoms with Gasteiger partial charge in [0, 0.05) is 6.20 Å². The molecule has 39 heavy (non-hydrogen) atoms. The van der Waals surface area contributed by atoms with Crippen LogP contribution >= 0.6 is 0 Å². The lowest BCUT2D eigenvalue weighted by Gasteiger charge is -2.25. The maximum Gasteiger partial charge on any atom is 0.243 e. The van der Waals surface area contributed by atoms with Gasteiger partial charge in [0.15, 0.2) is 11.6 Å². The van der Waals surface area contributed by atoms with Gasteiger partial charge in [-0.15, -0.1) is 0 Å². The molecule has 2 aromatic heterocycles. The number of hydrogen-bond donors (Lipinski definition) is 3. The lowest BCUT2D eigenvalue weighted by Crippen LogP contribution is -2.42. The number of aromatic nitrogens is 3. The normalized spacial score (nSPS) is 14.0. The van der Waals surface area contributed by atoms with Crippen LogP contribution in [-0.2, 0) is 27.6 Å². The van der Waals surface area contributed by atoms with Gasteiger partial charge in [-0.25, -0.2) is 15.0 Å². The van der Waals surface area contributed by atoms with Gasteiger partial charge in [0.1, 0.15) is 12.4 Å². The maximum atomic E-state index is 15.2. The summed E-state index contributed by atoms with van der Waals surface area (Å²) in [6.45, 7) is 2.18. The van der Waals surface area contributed by atoms with E-state index in [1.54, 1.807) is 19.2 Å². The first-order valence-corrected chi connectivity index (χ1v) is 13.1. The highest BCUT2D eigenvalue weighted by molar-refractivity contribution is 5.80. The minimum Gasteiger partial charge on any atom is -0.362 e. The summed E-state index contributed by atoms with van der Waals surface area (Å²) >= 11 is 0. The predicted octanol–water partition coefficient (Wildman–Crippen LogP) is 4.16. The summed E-state index contributed by atoms with van der Waals surface area (Å²) in [4.78, 5) is 43.1. The number of hydrogen-bond acceptors (Lipinski definition) is 8. The van der Waals surface area contributed by atoms with E-state index in [2.05, 4.69) is 31.1 Å². The van der Waals surface area contributed by atoms with E-state index in [1.165, 1.54) is 0 Å². The summed E-state index contributed by atoms with van der Waals surface area (Å²) in [6, 6.07) is 14.9. The van der Waals surface area contributed by atoms with E-state index in [-0.39, 0.29) is 37.2 Å². The summed E-state index contributed by atoms with van der Waals surface area (Å²) in [6.07, 6.45) is 7.15. The quantitative estimate of drug-likeness (QED) is 0.208. The first-order chi connectivity index (χ1) is 19.0. The van der Waals surface area contributed by atoms with Gasteiger partial charge in [-0.3, -0.25) is 30.3 Å². The van der Waals surface area contributed by atoms with Crippen molar-refractivity contribution in [1.29, 1.82) is 0 Å². The molecule has 10 nitrogen and oxygen atoms in total. The smallest absolute Gasteiger partial charge is 0.243 e. The van der Waals surface area contributed by atoms with Crippen molar-refractivity contribution < 1.29 is 18.8 Å². The maximum absolute atomic E-state index is 15.2. The minimum absolute atomic E-state index is 0.00569. The van der Waals surface area contributed by atoms with Crippen LogP contribution in [-0.4, -0.2) is 38.9 Å². The summed E-state index contributed by atoms with van der Waals surface area (Å²) in [5.41, 5.74) is 6.83. The van der Waals surface area contributed by atoms with E-state index >= 15 is 4.39 Å². The van der Waals surface area contributed by atoms with Crippen LogP contribution in [0.3, 0.4) is 0 Å². The second-order valence-electron chi connectivity index (χ2n) is 9.62. The Labute approximate surface area is 227 Å². The molecule has 3 aromatic rings. The van der Waals surface area contributed by atoms with Gasteiger partial charge < -0.3 is 5.32 Å². The average Bonchev–Trinajstić information content (AvgIpc) is 3.48. The third-order valence-corrected chi connectivity index (χ3v) is 6.65. The average molecular weight is 536 g/mol. The Morgan fingerprint density at radius 2 is 1.87 bits per heavy atom. The van der Waals surface area contributed by atoms with E-state index < -0.39 is 11.7 Å². The summed E-state index contributed by atoms with van der Waals surface area (Å²) in [5, 5.41) is 4.08. The predicted molar refractivity (Wildman–Crippen MR) is 144 cm³/mol. The highest BCUT2D eigenvalue weighted by Crippen LogP contribution is 2.31. The van der Waals surface area contributed by atoms with Crippen molar-refractivity contribution in [3.63, 3.8) is 0 Å². The first kappa shape index (κ1) is 27.9. The van der Waals surface area contributed by atoms with Crippen molar-refractivity contribution in [3.05, 3.63) is 77.6 Å². The molecule has 1 aromatic carbocycles. The van der Waals surface area contributed by atoms with E-state index in [9.17, 15) is 9.59 Å². The number of pyridine rings is 1. The summed E-state index contributed by atoms with van der Waals surface area (Å²) < 4.78 is 15.2. The Bertz CT molecular complexity index is 1210. The topological polar surface area (TPSA) is 121 Å². The molecular formula is C28H34FN7O3. The van der Waals surface area contributed by atoms with Gasteiger partial charge in [0.25, 0.3) is 0 Å². The Hall–Kier alpha value is -4.12. The number of carbonyl (C=O) groups excluding carboxylic acids is 2. The third-order valence-electron chi connectivity index (χ3n) is 6.65. The molecule has 3 N–H and O–H groups in total. The number of amides is 2. The van der Waals surface area contributed by atoms with Gasteiger partial charge in [-0.2, -0.15) is 4.39 Å². The van der Waals surface area contributed by atoms with Gasteiger partial charge in [-0.1, -0.05) is 62.1 Å². The Morgan fingerprint density at radius 3 is 2.59 bits per heavy atom. The third kappa shape index (κ3) is 8.44. The highest BCUT2D eigenvalue weighted by atomic mass is 19.1. The summed E-state index contributed by atoms with van der Waals surface area (Å²) in [5.74, 6) is -1.14. The number of hydrazine groups is 1. The van der Waals surface area contributed by atoms with Crippen molar-refractivity contribution in [2.45, 2.75) is 52.2 Å². The number of aryl methyl sites for hydroxylation is 1. The van der Waals surface area contributed by atoms with Crippen LogP contribution in [0, 0.1) is 24.6 Å². The number of halogens is 1. The van der Waals surface area contributed by atoms with Crippen LogP contribution < -0.4 is 16.2 Å². The first-order valence-electron chi connectivity index (χ1n) is 13.1. The molecule has 1 aliphatic rings. The fraction of sp³-hybridized carbons (Fsp3) is 0.393. The molecule has 0 bridgehead atoms. The number of rotatable bonds is 14. The zero-order chi connectivity index (χ0) is 27.5. The van der Waals surface area contributed by atoms with Gasteiger partial charge in [0.2, 0.25) is 18.1 Å². The van der Waals surface area contributed by atoms with Gasteiger partial charge >= 0.3 is 0 Å². The minimum atomic E-state index is -0.732. The second kappa shape index (κ2) is 14.1. The van der Waals surface area contributed by atoms with Crippen LogP contribution in [0.1, 0.15) is 49.2 Å². The van der Waals surface area contributed by atoms with Crippen molar-refractivity contribution in [2.24, 2.45) is 11.8 Å². The summed E-state index contributed by atoms with van der Waals surface area (Å²) in [7, 11) is 0. The van der Waals surface area contributed by atoms with Crippen molar-refractivity contribution in [2.75, 3.05) is 17.3 Å².